The fourth-order valence-electron chi connectivity index (χ4n) is 0. The van der Waals surface area contributed by atoms with Gasteiger partial charge in [-0.15, -0.1) is 0 Å². The molecule has 0 spiro atoms. The summed E-state index contributed by atoms with van der Waals surface area (Å²) in [6.45, 7) is 2.00. The number of carbonyl (C=O) groups is 1. The van der Waals surface area contributed by atoms with Crippen molar-refractivity contribution in [2.45, 2.75) is 0 Å². The Morgan fingerprint density at radius 1 is 1.25 bits per heavy atom. The maximum atomic E-state index is 8.00. The molecule has 0 unspecified atom stereocenters. The second-order valence-electron chi connectivity index (χ2n) is 0. The van der Waals surface area contributed by atoms with Crippen molar-refractivity contribution in [3.63, 3.8) is 0 Å². The minimum atomic E-state index is 0. The van der Waals surface area contributed by atoms with Crippen molar-refractivity contribution in [3.8, 4) is 0 Å². The Morgan fingerprint density at radius 3 is 1.25 bits per heavy atom. The fourth-order valence-corrected chi connectivity index (χ4v) is 0. The van der Waals surface area contributed by atoms with Gasteiger partial charge in [0.15, 0.2) is 0 Å². The van der Waals surface area contributed by atoms with E-state index in [4.69, 9.17) is 4.79 Å². The third-order valence-corrected chi connectivity index (χ3v) is 0. The third kappa shape index (κ3) is 11.8. The van der Waals surface area contributed by atoms with E-state index in [-0.39, 0.29) is 43.1 Å². The topological polar surface area (TPSA) is 17.1 Å². The van der Waals surface area contributed by atoms with E-state index in [0.29, 0.717) is 0 Å². The van der Waals surface area contributed by atoms with Crippen LogP contribution in [0.1, 0.15) is 0 Å². The first-order chi connectivity index (χ1) is 1.00. The van der Waals surface area contributed by atoms with Gasteiger partial charge in [0.05, 0.1) is 0 Å². The average molecular weight is 88.1 g/mol. The summed E-state index contributed by atoms with van der Waals surface area (Å²) >= 11 is 0. The molecule has 0 saturated carbocycles. The molecule has 0 radical (unpaired) electrons. The Morgan fingerprint density at radius 2 is 1.25 bits per heavy atom. The molecule has 0 aromatic rings. The molecule has 0 rings (SSSR count). The second kappa shape index (κ2) is 35.2. The Bertz CT molecular complexity index is 8.00. The van der Waals surface area contributed by atoms with Crippen LogP contribution in [0.3, 0.4) is 0 Å². The van der Waals surface area contributed by atoms with Crippen LogP contribution in [0.4, 0.5) is 0 Å². The van der Waals surface area contributed by atoms with Gasteiger partial charge in [-0.25, -0.2) is 0 Å². The zero-order valence-corrected chi connectivity index (χ0v) is 2.62. The molecular weight excluding hydrogens is 83.1 g/mol. The summed E-state index contributed by atoms with van der Waals surface area (Å²) in [7, 11) is 0. The van der Waals surface area contributed by atoms with E-state index in [1.807, 2.05) is 6.79 Å². The SMILES string of the molecule is C=O.S.[NaH]. The molecule has 0 bridgehead atoms. The molecule has 0 amide bonds. The molecular formula is CH5NaOS. The molecule has 0 N–H and O–H groups in total. The first-order valence-electron chi connectivity index (χ1n) is 0.289. The van der Waals surface area contributed by atoms with Gasteiger partial charge in [0.2, 0.25) is 0 Å². The summed E-state index contributed by atoms with van der Waals surface area (Å²) < 4.78 is 0. The molecule has 1 nitrogen and oxygen atoms in total. The van der Waals surface area contributed by atoms with E-state index in [1.54, 1.807) is 0 Å². The van der Waals surface area contributed by atoms with E-state index in [9.17, 15) is 0 Å². The summed E-state index contributed by atoms with van der Waals surface area (Å²) in [5, 5.41) is 0. The first kappa shape index (κ1) is 19.9. The van der Waals surface area contributed by atoms with Crippen LogP contribution in [0.15, 0.2) is 0 Å². The van der Waals surface area contributed by atoms with Crippen LogP contribution < -0.4 is 0 Å². The third-order valence-electron chi connectivity index (χ3n) is 0. The molecule has 0 saturated heterocycles. The quantitative estimate of drug-likeness (QED) is 0.357. The molecule has 3 heteroatoms. The number of carbonyl (C=O) groups excluding carboxylic acids is 1. The maximum absolute atomic E-state index is 8.00. The molecule has 0 aliphatic heterocycles. The summed E-state index contributed by atoms with van der Waals surface area (Å²) in [5.74, 6) is 0. The normalized spacial score (nSPS) is 1.00. The van der Waals surface area contributed by atoms with Crippen LogP contribution in [0.5, 0.6) is 0 Å². The molecule has 0 aliphatic rings. The Balaban J connectivity index is -0.00000000500. The van der Waals surface area contributed by atoms with Gasteiger partial charge < -0.3 is 4.79 Å². The molecule has 0 fully saturated rings. The van der Waals surface area contributed by atoms with Crippen molar-refractivity contribution in [1.82, 2.24) is 0 Å². The summed E-state index contributed by atoms with van der Waals surface area (Å²) in [6, 6.07) is 0. The zero-order chi connectivity index (χ0) is 2.00. The predicted octanol–water partition coefficient (Wildman–Crippen LogP) is -0.721. The van der Waals surface area contributed by atoms with Crippen LogP contribution in [-0.4, -0.2) is 36.3 Å². The average Bonchev–Trinajstić information content (AvgIpc) is 1.00. The molecule has 0 aliphatic carbocycles. The van der Waals surface area contributed by atoms with Crippen LogP contribution in [0.2, 0.25) is 0 Å². The van der Waals surface area contributed by atoms with E-state index in [2.05, 4.69) is 0 Å². The standard InChI is InChI=1S/CH2O.Na.H2S.H/c1-2;;;/h1H2;;1H2;. The van der Waals surface area contributed by atoms with Gasteiger partial charge >= 0.3 is 29.6 Å². The van der Waals surface area contributed by atoms with Crippen LogP contribution >= 0.6 is 13.5 Å². The van der Waals surface area contributed by atoms with Crippen molar-refractivity contribution in [3.05, 3.63) is 0 Å². The van der Waals surface area contributed by atoms with Crippen LogP contribution in [0, 0.1) is 0 Å². The van der Waals surface area contributed by atoms with Gasteiger partial charge in [-0.05, 0) is 0 Å². The number of rotatable bonds is 0. The zero-order valence-electron chi connectivity index (χ0n) is 1.62. The van der Waals surface area contributed by atoms with E-state index in [0.717, 1.165) is 0 Å². The van der Waals surface area contributed by atoms with Crippen molar-refractivity contribution in [2.75, 3.05) is 0 Å². The predicted molar refractivity (Wildman–Crippen MR) is 24.7 cm³/mol. The summed E-state index contributed by atoms with van der Waals surface area (Å²) in [5.41, 5.74) is 0. The summed E-state index contributed by atoms with van der Waals surface area (Å²) in [6.07, 6.45) is 0. The van der Waals surface area contributed by atoms with Gasteiger partial charge in [-0.1, -0.05) is 0 Å². The molecule has 22 valence electrons. The summed E-state index contributed by atoms with van der Waals surface area (Å²) in [4.78, 5) is 8.00. The molecule has 0 heterocycles. The Labute approximate surface area is 54.5 Å². The van der Waals surface area contributed by atoms with E-state index in [1.165, 1.54) is 0 Å². The molecule has 0 atom stereocenters. The molecule has 0 aromatic heterocycles. The Hall–Kier alpha value is 1.02. The van der Waals surface area contributed by atoms with Crippen molar-refractivity contribution in [1.29, 1.82) is 0 Å². The Kier molecular flexibility index (Phi) is 175. The number of hydrogen-bond donors (Lipinski definition) is 0. The van der Waals surface area contributed by atoms with Gasteiger partial charge in [0, 0.05) is 0 Å². The first-order valence-corrected chi connectivity index (χ1v) is 0.289. The van der Waals surface area contributed by atoms with E-state index >= 15 is 0 Å². The minimum absolute atomic E-state index is 0. The van der Waals surface area contributed by atoms with Crippen molar-refractivity contribution < 1.29 is 4.79 Å². The van der Waals surface area contributed by atoms with Crippen LogP contribution in [-0.2, 0) is 4.79 Å². The van der Waals surface area contributed by atoms with Crippen molar-refractivity contribution in [2.24, 2.45) is 0 Å². The van der Waals surface area contributed by atoms with Crippen molar-refractivity contribution >= 4 is 49.8 Å². The van der Waals surface area contributed by atoms with E-state index < -0.39 is 0 Å². The second-order valence-corrected chi connectivity index (χ2v) is 0. The van der Waals surface area contributed by atoms with Crippen LogP contribution in [0.25, 0.3) is 0 Å². The van der Waals surface area contributed by atoms with Gasteiger partial charge in [-0.2, -0.15) is 13.5 Å². The van der Waals surface area contributed by atoms with Gasteiger partial charge in [0.1, 0.15) is 6.79 Å². The monoisotopic (exact) mass is 88.0 g/mol. The fraction of sp³-hybridized carbons (Fsp3) is 0. The van der Waals surface area contributed by atoms with Gasteiger partial charge in [0.25, 0.3) is 0 Å². The number of hydrogen-bond acceptors (Lipinski definition) is 1. The molecule has 4 heavy (non-hydrogen) atoms. The molecule has 0 aromatic carbocycles. The van der Waals surface area contributed by atoms with Gasteiger partial charge in [-0.3, -0.25) is 0 Å².